The zero-order valence-corrected chi connectivity index (χ0v) is 14.4. The fourth-order valence-corrected chi connectivity index (χ4v) is 2.37. The van der Waals surface area contributed by atoms with Gasteiger partial charge in [0.05, 0.1) is 37.4 Å². The molecule has 26 heavy (non-hydrogen) atoms. The van der Waals surface area contributed by atoms with E-state index < -0.39 is 10.9 Å². The van der Waals surface area contributed by atoms with Crippen LogP contribution in [0.25, 0.3) is 11.6 Å². The Morgan fingerprint density at radius 1 is 1.04 bits per heavy atom. The van der Waals surface area contributed by atoms with Crippen molar-refractivity contribution >= 4 is 23.3 Å². The molecule has 0 aliphatic carbocycles. The second kappa shape index (κ2) is 8.02. The minimum Gasteiger partial charge on any atom is -0.497 e. The third kappa shape index (κ3) is 3.92. The minimum absolute atomic E-state index is 0.113. The van der Waals surface area contributed by atoms with Gasteiger partial charge in [-0.15, -0.1) is 0 Å². The molecule has 0 bridgehead atoms. The van der Waals surface area contributed by atoms with Gasteiger partial charge in [0, 0.05) is 6.07 Å². The summed E-state index contributed by atoms with van der Waals surface area (Å²) in [6.07, 6.45) is 1.23. The molecule has 136 valence electrons. The maximum atomic E-state index is 11.8. The summed E-state index contributed by atoms with van der Waals surface area (Å²) in [6.45, 7) is 0. The Morgan fingerprint density at radius 3 is 2.27 bits per heavy atom. The molecule has 0 radical (unpaired) electrons. The van der Waals surface area contributed by atoms with Gasteiger partial charge >= 0.3 is 5.97 Å². The highest BCUT2D eigenvalue weighted by Crippen LogP contribution is 2.33. The van der Waals surface area contributed by atoms with Gasteiger partial charge in [-0.1, -0.05) is 6.07 Å². The fourth-order valence-electron chi connectivity index (χ4n) is 2.37. The SMILES string of the molecule is COc1ccc([N+](=O)[O-])c(/C=C(/C(=O)O)c2ccc(OC)c(OC)c2)c1. The zero-order chi connectivity index (χ0) is 19.3. The van der Waals surface area contributed by atoms with Crippen LogP contribution < -0.4 is 14.2 Å². The van der Waals surface area contributed by atoms with Crippen LogP contribution in [0.2, 0.25) is 0 Å². The highest BCUT2D eigenvalue weighted by molar-refractivity contribution is 6.21. The van der Waals surface area contributed by atoms with Crippen LogP contribution in [0.4, 0.5) is 5.69 Å². The highest BCUT2D eigenvalue weighted by atomic mass is 16.6. The van der Waals surface area contributed by atoms with Crippen LogP contribution >= 0.6 is 0 Å². The van der Waals surface area contributed by atoms with E-state index in [-0.39, 0.29) is 16.8 Å². The summed E-state index contributed by atoms with van der Waals surface area (Å²) in [5.74, 6) is -0.0844. The monoisotopic (exact) mass is 359 g/mol. The smallest absolute Gasteiger partial charge is 0.336 e. The van der Waals surface area contributed by atoms with Crippen LogP contribution in [0, 0.1) is 10.1 Å². The Morgan fingerprint density at radius 2 is 1.73 bits per heavy atom. The predicted molar refractivity (Wildman–Crippen MR) is 94.7 cm³/mol. The Hall–Kier alpha value is -3.55. The van der Waals surface area contributed by atoms with Crippen molar-refractivity contribution in [3.05, 3.63) is 57.6 Å². The second-order valence-electron chi connectivity index (χ2n) is 5.11. The molecule has 0 amide bonds. The van der Waals surface area contributed by atoms with E-state index >= 15 is 0 Å². The van der Waals surface area contributed by atoms with Gasteiger partial charge in [-0.25, -0.2) is 4.79 Å². The fraction of sp³-hybridized carbons (Fsp3) is 0.167. The van der Waals surface area contributed by atoms with Gasteiger partial charge in [-0.05, 0) is 35.9 Å². The van der Waals surface area contributed by atoms with Gasteiger partial charge in [0.2, 0.25) is 0 Å². The molecule has 2 rings (SSSR count). The van der Waals surface area contributed by atoms with E-state index in [9.17, 15) is 20.0 Å². The third-order valence-corrected chi connectivity index (χ3v) is 3.66. The van der Waals surface area contributed by atoms with Crippen molar-refractivity contribution in [3.63, 3.8) is 0 Å². The zero-order valence-electron chi connectivity index (χ0n) is 14.4. The van der Waals surface area contributed by atoms with Crippen LogP contribution in [0.5, 0.6) is 17.2 Å². The normalized spacial score (nSPS) is 11.0. The molecule has 0 aliphatic heterocycles. The first-order chi connectivity index (χ1) is 12.4. The molecule has 0 unspecified atom stereocenters. The summed E-state index contributed by atoms with van der Waals surface area (Å²) >= 11 is 0. The molecule has 1 N–H and O–H groups in total. The number of nitrogens with zero attached hydrogens (tertiary/aromatic N) is 1. The van der Waals surface area contributed by atoms with E-state index in [0.29, 0.717) is 22.8 Å². The number of benzene rings is 2. The number of aliphatic carboxylic acids is 1. The van der Waals surface area contributed by atoms with Crippen molar-refractivity contribution in [1.29, 1.82) is 0 Å². The lowest BCUT2D eigenvalue weighted by molar-refractivity contribution is -0.385. The maximum absolute atomic E-state index is 11.8. The molecule has 0 heterocycles. The summed E-state index contributed by atoms with van der Waals surface area (Å²) in [6, 6.07) is 8.69. The van der Waals surface area contributed by atoms with E-state index in [1.54, 1.807) is 6.07 Å². The van der Waals surface area contributed by atoms with Gasteiger partial charge in [0.15, 0.2) is 11.5 Å². The van der Waals surface area contributed by atoms with Gasteiger partial charge in [0.25, 0.3) is 5.69 Å². The van der Waals surface area contributed by atoms with Crippen LogP contribution in [-0.2, 0) is 4.79 Å². The quantitative estimate of drug-likeness (QED) is 0.350. The standard InChI is InChI=1S/C18H17NO7/c1-24-13-5-6-15(19(22)23)12(8-13)9-14(18(20)21)11-4-7-16(25-2)17(10-11)26-3/h4-10H,1-3H3,(H,20,21)/b14-9+. The van der Waals surface area contributed by atoms with E-state index in [0.717, 1.165) is 0 Å². The van der Waals surface area contributed by atoms with Crippen LogP contribution in [0.3, 0.4) is 0 Å². The average molecular weight is 359 g/mol. The van der Waals surface area contributed by atoms with Crippen molar-refractivity contribution in [1.82, 2.24) is 0 Å². The average Bonchev–Trinajstić information content (AvgIpc) is 2.64. The summed E-state index contributed by atoms with van der Waals surface area (Å²) in [4.78, 5) is 22.4. The first-order valence-electron chi connectivity index (χ1n) is 7.41. The van der Waals surface area contributed by atoms with Gasteiger partial charge in [-0.2, -0.15) is 0 Å². The lowest BCUT2D eigenvalue weighted by Gasteiger charge is -2.10. The number of nitro benzene ring substituents is 1. The second-order valence-corrected chi connectivity index (χ2v) is 5.11. The number of methoxy groups -OCH3 is 3. The van der Waals surface area contributed by atoms with E-state index in [2.05, 4.69) is 0 Å². The first-order valence-corrected chi connectivity index (χ1v) is 7.41. The molecule has 0 aliphatic rings. The Labute approximate surface area is 149 Å². The summed E-state index contributed by atoms with van der Waals surface area (Å²) < 4.78 is 15.4. The van der Waals surface area contributed by atoms with Crippen molar-refractivity contribution in [2.45, 2.75) is 0 Å². The Balaban J connectivity index is 2.65. The third-order valence-electron chi connectivity index (χ3n) is 3.66. The molecule has 8 nitrogen and oxygen atoms in total. The van der Waals surface area contributed by atoms with Crippen LogP contribution in [0.1, 0.15) is 11.1 Å². The number of hydrogen-bond acceptors (Lipinski definition) is 6. The van der Waals surface area contributed by atoms with Gasteiger partial charge in [-0.3, -0.25) is 10.1 Å². The maximum Gasteiger partial charge on any atom is 0.336 e. The summed E-state index contributed by atoms with van der Waals surface area (Å²) in [5, 5.41) is 20.8. The molecule has 2 aromatic carbocycles. The van der Waals surface area contributed by atoms with Crippen molar-refractivity contribution in [2.24, 2.45) is 0 Å². The summed E-state index contributed by atoms with van der Waals surface area (Å²) in [5.41, 5.74) is 0.0566. The molecule has 0 atom stereocenters. The topological polar surface area (TPSA) is 108 Å². The number of carboxylic acids is 1. The largest absolute Gasteiger partial charge is 0.497 e. The molecular weight excluding hydrogens is 342 g/mol. The van der Waals surface area contributed by atoms with Crippen molar-refractivity contribution in [2.75, 3.05) is 21.3 Å². The Kier molecular flexibility index (Phi) is 5.79. The number of carbonyl (C=O) groups is 1. The molecule has 0 saturated carbocycles. The molecule has 0 saturated heterocycles. The highest BCUT2D eigenvalue weighted by Gasteiger charge is 2.18. The Bertz CT molecular complexity index is 874. The predicted octanol–water partition coefficient (Wildman–Crippen LogP) is 3.25. The molecular formula is C18H17NO7. The molecule has 0 fully saturated rings. The number of carboxylic acid groups (broad SMARTS) is 1. The van der Waals surface area contributed by atoms with E-state index in [4.69, 9.17) is 14.2 Å². The van der Waals surface area contributed by atoms with Gasteiger partial charge in [0.1, 0.15) is 5.75 Å². The molecule has 0 spiro atoms. The minimum atomic E-state index is -1.24. The first kappa shape index (κ1) is 18.8. The number of ether oxygens (including phenoxy) is 3. The summed E-state index contributed by atoms with van der Waals surface area (Å²) in [7, 11) is 4.31. The lowest BCUT2D eigenvalue weighted by atomic mass is 10.0. The molecule has 0 aromatic heterocycles. The van der Waals surface area contributed by atoms with Crippen molar-refractivity contribution in [3.8, 4) is 17.2 Å². The lowest BCUT2D eigenvalue weighted by Crippen LogP contribution is -2.02. The molecule has 8 heteroatoms. The van der Waals surface area contributed by atoms with Gasteiger partial charge < -0.3 is 19.3 Å². The number of nitro groups is 1. The number of hydrogen-bond donors (Lipinski definition) is 1. The van der Waals surface area contributed by atoms with E-state index in [1.807, 2.05) is 0 Å². The van der Waals surface area contributed by atoms with E-state index in [1.165, 1.54) is 57.7 Å². The van der Waals surface area contributed by atoms with Crippen LogP contribution in [0.15, 0.2) is 36.4 Å². The van der Waals surface area contributed by atoms with Crippen molar-refractivity contribution < 1.29 is 29.0 Å². The molecule has 2 aromatic rings. The van der Waals surface area contributed by atoms with Crippen LogP contribution in [-0.4, -0.2) is 37.3 Å². The number of rotatable bonds is 7.